The first kappa shape index (κ1) is 23.1. The van der Waals surface area contributed by atoms with E-state index in [1.54, 1.807) is 19.4 Å². The van der Waals surface area contributed by atoms with Gasteiger partial charge >= 0.3 is 6.18 Å². The number of hydrogen-bond donors (Lipinski definition) is 1. The molecule has 0 aliphatic carbocycles. The van der Waals surface area contributed by atoms with Crippen LogP contribution in [0.4, 0.5) is 23.4 Å². The summed E-state index contributed by atoms with van der Waals surface area (Å²) in [5.41, 5.74) is -0.759. The van der Waals surface area contributed by atoms with Crippen molar-refractivity contribution in [2.75, 3.05) is 20.3 Å². The summed E-state index contributed by atoms with van der Waals surface area (Å²) in [7, 11) is 1.58. The Morgan fingerprint density at radius 2 is 2.09 bits per heavy atom. The number of halogens is 4. The summed E-state index contributed by atoms with van der Waals surface area (Å²) in [6, 6.07) is 5.13. The number of methoxy groups -OCH3 is 1. The molecule has 2 unspecified atom stereocenters. The van der Waals surface area contributed by atoms with Crippen LogP contribution < -0.4 is 9.72 Å². The van der Waals surface area contributed by atoms with Gasteiger partial charge < -0.3 is 19.2 Å². The monoisotopic (exact) mass is 467 g/mol. The van der Waals surface area contributed by atoms with Gasteiger partial charge in [0.25, 0.3) is 5.82 Å². The number of aromatic amines is 2. The number of ether oxygens (including phenoxy) is 3. The lowest BCUT2D eigenvalue weighted by atomic mass is 9.91. The Morgan fingerprint density at radius 1 is 1.30 bits per heavy atom. The van der Waals surface area contributed by atoms with Crippen LogP contribution in [0.5, 0.6) is 5.75 Å². The molecule has 3 aromatic rings. The summed E-state index contributed by atoms with van der Waals surface area (Å²) >= 11 is 0. The van der Waals surface area contributed by atoms with Gasteiger partial charge in [0.15, 0.2) is 0 Å². The minimum Gasteiger partial charge on any atom is -0.490 e. The van der Waals surface area contributed by atoms with Crippen molar-refractivity contribution in [2.45, 2.75) is 37.6 Å². The molecule has 0 radical (unpaired) electrons. The fraction of sp³-hybridized carbons (Fsp3) is 0.409. The molecule has 2 aromatic heterocycles. The maximum atomic E-state index is 13.7. The molecule has 176 valence electrons. The Balaban J connectivity index is 1.69. The zero-order valence-corrected chi connectivity index (χ0v) is 18.2. The van der Waals surface area contributed by atoms with E-state index in [2.05, 4.69) is 19.9 Å². The second-order valence-electron chi connectivity index (χ2n) is 8.30. The highest BCUT2D eigenvalue weighted by atomic mass is 19.4. The van der Waals surface area contributed by atoms with Gasteiger partial charge in [-0.2, -0.15) is 13.2 Å². The van der Waals surface area contributed by atoms with Crippen LogP contribution >= 0.6 is 0 Å². The minimum absolute atomic E-state index is 0.0531. The van der Waals surface area contributed by atoms with Crippen molar-refractivity contribution in [1.29, 1.82) is 0 Å². The van der Waals surface area contributed by atoms with Crippen LogP contribution in [-0.4, -0.2) is 48.2 Å². The van der Waals surface area contributed by atoms with Gasteiger partial charge in [0.05, 0.1) is 24.3 Å². The third kappa shape index (κ3) is 4.98. The van der Waals surface area contributed by atoms with Crippen molar-refractivity contribution in [3.63, 3.8) is 0 Å². The van der Waals surface area contributed by atoms with Crippen molar-refractivity contribution in [3.05, 3.63) is 47.7 Å². The lowest BCUT2D eigenvalue weighted by Gasteiger charge is -2.33. The number of aliphatic imine (C=N–C) groups is 1. The maximum Gasteiger partial charge on any atom is 0.431 e. The van der Waals surface area contributed by atoms with Crippen LogP contribution in [0, 0.1) is 5.82 Å². The van der Waals surface area contributed by atoms with Gasteiger partial charge in [-0.3, -0.25) is 0 Å². The summed E-state index contributed by atoms with van der Waals surface area (Å²) in [4.78, 5) is 13.4. The lowest BCUT2D eigenvalue weighted by molar-refractivity contribution is -0.365. The fourth-order valence-corrected chi connectivity index (χ4v) is 3.46. The predicted octanol–water partition coefficient (Wildman–Crippen LogP) is 4.22. The molecule has 1 aromatic carbocycles. The Bertz CT molecular complexity index is 1180. The van der Waals surface area contributed by atoms with Crippen LogP contribution in [0.15, 0.2) is 35.6 Å². The van der Waals surface area contributed by atoms with Crippen molar-refractivity contribution < 1.29 is 36.8 Å². The van der Waals surface area contributed by atoms with Gasteiger partial charge in [-0.1, -0.05) is 11.1 Å². The Hall–Kier alpha value is -3.05. The first-order valence-electron chi connectivity index (χ1n) is 10.2. The average Bonchev–Trinajstić information content (AvgIpc) is 3.22. The highest BCUT2D eigenvalue weighted by molar-refractivity contribution is 5.87. The van der Waals surface area contributed by atoms with Crippen molar-refractivity contribution in [1.82, 2.24) is 9.97 Å². The van der Waals surface area contributed by atoms with E-state index in [1.807, 2.05) is 13.8 Å². The zero-order chi connectivity index (χ0) is 23.8. The molecule has 1 aliphatic rings. The summed E-state index contributed by atoms with van der Waals surface area (Å²) < 4.78 is 70.2. The normalized spacial score (nSPS) is 19.1. The van der Waals surface area contributed by atoms with Gasteiger partial charge in [-0.25, -0.2) is 9.37 Å². The van der Waals surface area contributed by atoms with E-state index in [-0.39, 0.29) is 30.1 Å². The van der Waals surface area contributed by atoms with Gasteiger partial charge in [0.1, 0.15) is 35.4 Å². The van der Waals surface area contributed by atoms with Crippen LogP contribution in [0.3, 0.4) is 0 Å². The van der Waals surface area contributed by atoms with Crippen LogP contribution in [-0.2, 0) is 15.7 Å². The molecule has 7 nitrogen and oxygen atoms in total. The standard InChI is InChI=1S/C22H22F4N4O3/c1-21(2,31-3)10-33-17-9-32-16-6-12(23)4-5-13(16)15(17)8-27-19-14-7-18(22(24,25)26)30-20(14)29-11-28-19/h4-8,11,15,17H,9-10H2,1-3H3,(H,28,29,30)/p+1/b27-8-. The number of hydrogen-bond acceptors (Lipinski definition) is 5. The molecule has 11 heteroatoms. The highest BCUT2D eigenvalue weighted by Crippen LogP contribution is 2.36. The highest BCUT2D eigenvalue weighted by Gasteiger charge is 2.35. The average molecular weight is 467 g/mol. The topological polar surface area (TPSA) is 82.9 Å². The predicted molar refractivity (Wildman–Crippen MR) is 111 cm³/mol. The second-order valence-corrected chi connectivity index (χ2v) is 8.30. The number of nitrogens with zero attached hydrogens (tertiary/aromatic N) is 2. The third-order valence-electron chi connectivity index (χ3n) is 5.45. The van der Waals surface area contributed by atoms with E-state index >= 15 is 0 Å². The van der Waals surface area contributed by atoms with Gasteiger partial charge in [-0.15, -0.1) is 4.99 Å². The Morgan fingerprint density at radius 3 is 2.82 bits per heavy atom. The molecule has 2 atom stereocenters. The SMILES string of the molecule is COC(C)(C)COC1COc2cc(F)ccc2C1/C=N\c1[nH+]cnc2[nH]c(C(F)(F)F)cc12. The smallest absolute Gasteiger partial charge is 0.431 e. The van der Waals surface area contributed by atoms with E-state index in [0.717, 1.165) is 6.07 Å². The van der Waals surface area contributed by atoms with Crippen molar-refractivity contribution in [2.24, 2.45) is 4.99 Å². The quantitative estimate of drug-likeness (QED) is 0.435. The molecule has 4 rings (SSSR count). The van der Waals surface area contributed by atoms with Gasteiger partial charge in [0, 0.05) is 18.7 Å². The zero-order valence-electron chi connectivity index (χ0n) is 18.2. The van der Waals surface area contributed by atoms with Crippen LogP contribution in [0.25, 0.3) is 11.0 Å². The van der Waals surface area contributed by atoms with Gasteiger partial charge in [-0.05, 0) is 26.0 Å². The van der Waals surface area contributed by atoms with Crippen molar-refractivity contribution >= 4 is 23.1 Å². The lowest BCUT2D eigenvalue weighted by Crippen LogP contribution is -2.39. The number of alkyl halides is 3. The molecule has 0 saturated carbocycles. The third-order valence-corrected chi connectivity index (χ3v) is 5.45. The number of H-pyrrole nitrogens is 2. The molecule has 2 N–H and O–H groups in total. The van der Waals surface area contributed by atoms with Crippen LogP contribution in [0.1, 0.15) is 31.0 Å². The van der Waals surface area contributed by atoms with Gasteiger partial charge in [0.2, 0.25) is 12.0 Å². The molecule has 0 fully saturated rings. The maximum absolute atomic E-state index is 13.7. The number of fused-ring (bicyclic) bond motifs is 2. The minimum atomic E-state index is -4.54. The second kappa shape index (κ2) is 8.71. The Kier molecular flexibility index (Phi) is 6.10. The van der Waals surface area contributed by atoms with E-state index in [1.165, 1.54) is 18.5 Å². The number of nitrogens with one attached hydrogen (secondary N) is 2. The largest absolute Gasteiger partial charge is 0.490 e. The first-order valence-corrected chi connectivity index (χ1v) is 10.2. The molecular formula is C22H23F4N4O3+. The number of aromatic nitrogens is 3. The van der Waals surface area contributed by atoms with Crippen molar-refractivity contribution in [3.8, 4) is 5.75 Å². The van der Waals surface area contributed by atoms with E-state index in [0.29, 0.717) is 11.3 Å². The summed E-state index contributed by atoms with van der Waals surface area (Å²) in [5, 5.41) is 0.186. The Labute approximate surface area is 186 Å². The fourth-order valence-electron chi connectivity index (χ4n) is 3.46. The summed E-state index contributed by atoms with van der Waals surface area (Å²) in [5.74, 6) is -0.333. The summed E-state index contributed by atoms with van der Waals surface area (Å²) in [6.45, 7) is 4.15. The summed E-state index contributed by atoms with van der Waals surface area (Å²) in [6.07, 6.45) is -2.20. The molecular weight excluding hydrogens is 444 g/mol. The number of rotatable bonds is 6. The van der Waals surface area contributed by atoms with Crippen LogP contribution in [0.2, 0.25) is 0 Å². The molecule has 0 spiro atoms. The first-order chi connectivity index (χ1) is 15.6. The molecule has 0 amide bonds. The van der Waals surface area contributed by atoms with E-state index in [9.17, 15) is 17.6 Å². The molecule has 0 bridgehead atoms. The molecule has 3 heterocycles. The van der Waals surface area contributed by atoms with E-state index < -0.39 is 35.3 Å². The molecule has 33 heavy (non-hydrogen) atoms. The van der Waals surface area contributed by atoms with E-state index in [4.69, 9.17) is 14.2 Å². The molecule has 1 aliphatic heterocycles. The number of benzene rings is 1. The molecule has 0 saturated heterocycles.